The molecule has 1 rings (SSSR count). The third kappa shape index (κ3) is 3.71. The van der Waals surface area contributed by atoms with Crippen molar-refractivity contribution in [2.24, 2.45) is 0 Å². The minimum Gasteiger partial charge on any atom is -0.226 e. The molecule has 0 aliphatic rings. The van der Waals surface area contributed by atoms with Gasteiger partial charge in [0.1, 0.15) is 5.15 Å². The highest BCUT2D eigenvalue weighted by Crippen LogP contribution is 2.22. The van der Waals surface area contributed by atoms with E-state index in [2.05, 4.69) is 23.8 Å². The van der Waals surface area contributed by atoms with Gasteiger partial charge >= 0.3 is 0 Å². The summed E-state index contributed by atoms with van der Waals surface area (Å²) in [6.45, 7) is 4.27. The maximum absolute atomic E-state index is 5.86. The van der Waals surface area contributed by atoms with Crippen molar-refractivity contribution in [2.75, 3.05) is 0 Å². The zero-order chi connectivity index (χ0) is 9.84. The SMILES string of the molecule is CC(C)SCc1cnc(Cl)nc1Cl. The summed E-state index contributed by atoms with van der Waals surface area (Å²) in [6.07, 6.45) is 1.67. The molecular formula is C8H10Cl2N2S. The molecule has 0 radical (unpaired) electrons. The number of nitrogens with zero attached hydrogens (tertiary/aromatic N) is 2. The van der Waals surface area contributed by atoms with E-state index in [-0.39, 0.29) is 5.28 Å². The Labute approximate surface area is 92.1 Å². The van der Waals surface area contributed by atoms with E-state index in [0.717, 1.165) is 11.3 Å². The molecule has 0 unspecified atom stereocenters. The normalized spacial score (nSPS) is 10.8. The fourth-order valence-corrected chi connectivity index (χ4v) is 1.89. The third-order valence-corrected chi connectivity index (χ3v) is 3.01. The molecule has 72 valence electrons. The van der Waals surface area contributed by atoms with Crippen LogP contribution in [0.15, 0.2) is 6.20 Å². The van der Waals surface area contributed by atoms with Crippen LogP contribution in [-0.2, 0) is 5.75 Å². The van der Waals surface area contributed by atoms with Crippen molar-refractivity contribution < 1.29 is 0 Å². The molecule has 1 aromatic heterocycles. The van der Waals surface area contributed by atoms with Gasteiger partial charge in [-0.05, 0) is 16.9 Å². The Bertz CT molecular complexity index is 291. The van der Waals surface area contributed by atoms with Gasteiger partial charge in [0.15, 0.2) is 0 Å². The summed E-state index contributed by atoms with van der Waals surface area (Å²) in [5.74, 6) is 0.827. The molecule has 1 heterocycles. The predicted octanol–water partition coefficient (Wildman–Crippen LogP) is 3.43. The van der Waals surface area contributed by atoms with Crippen molar-refractivity contribution >= 4 is 35.0 Å². The van der Waals surface area contributed by atoms with E-state index in [1.165, 1.54) is 0 Å². The average molecular weight is 237 g/mol. The van der Waals surface area contributed by atoms with Crippen LogP contribution < -0.4 is 0 Å². The predicted molar refractivity (Wildman–Crippen MR) is 58.5 cm³/mol. The van der Waals surface area contributed by atoms with Crippen molar-refractivity contribution in [1.29, 1.82) is 0 Å². The van der Waals surface area contributed by atoms with Gasteiger partial charge in [0, 0.05) is 17.5 Å². The molecule has 2 nitrogen and oxygen atoms in total. The lowest BCUT2D eigenvalue weighted by Gasteiger charge is -2.05. The molecule has 0 fully saturated rings. The van der Waals surface area contributed by atoms with Crippen molar-refractivity contribution in [1.82, 2.24) is 9.97 Å². The minimum absolute atomic E-state index is 0.197. The molecule has 0 atom stereocenters. The lowest BCUT2D eigenvalue weighted by molar-refractivity contribution is 1.09. The van der Waals surface area contributed by atoms with Gasteiger partial charge in [-0.15, -0.1) is 0 Å². The first-order chi connectivity index (χ1) is 6.09. The Morgan fingerprint density at radius 2 is 2.15 bits per heavy atom. The zero-order valence-electron chi connectivity index (χ0n) is 7.42. The van der Waals surface area contributed by atoms with Gasteiger partial charge < -0.3 is 0 Å². The van der Waals surface area contributed by atoms with Gasteiger partial charge in [0.25, 0.3) is 0 Å². The lowest BCUT2D eigenvalue weighted by atomic mass is 10.4. The van der Waals surface area contributed by atoms with Crippen molar-refractivity contribution in [3.05, 3.63) is 22.2 Å². The van der Waals surface area contributed by atoms with Crippen LogP contribution in [0.3, 0.4) is 0 Å². The first-order valence-electron chi connectivity index (χ1n) is 3.88. The molecule has 0 N–H and O–H groups in total. The van der Waals surface area contributed by atoms with E-state index in [9.17, 15) is 0 Å². The fourth-order valence-electron chi connectivity index (χ4n) is 0.719. The zero-order valence-corrected chi connectivity index (χ0v) is 9.75. The summed E-state index contributed by atoms with van der Waals surface area (Å²) in [5.41, 5.74) is 0.935. The van der Waals surface area contributed by atoms with Gasteiger partial charge in [0.2, 0.25) is 5.28 Å². The third-order valence-electron chi connectivity index (χ3n) is 1.35. The Kier molecular flexibility index (Phi) is 4.29. The second-order valence-corrected chi connectivity index (χ2v) is 5.08. The number of rotatable bonds is 3. The van der Waals surface area contributed by atoms with Crippen LogP contribution in [0, 0.1) is 0 Å². The lowest BCUT2D eigenvalue weighted by Crippen LogP contribution is -1.93. The molecule has 5 heteroatoms. The summed E-state index contributed by atoms with van der Waals surface area (Å²) in [7, 11) is 0. The van der Waals surface area contributed by atoms with E-state index in [4.69, 9.17) is 23.2 Å². The van der Waals surface area contributed by atoms with Gasteiger partial charge in [-0.3, -0.25) is 0 Å². The maximum atomic E-state index is 5.86. The molecule has 0 spiro atoms. The molecule has 13 heavy (non-hydrogen) atoms. The molecule has 0 saturated heterocycles. The van der Waals surface area contributed by atoms with Crippen molar-refractivity contribution in [3.63, 3.8) is 0 Å². The molecule has 0 bridgehead atoms. The molecule has 0 aliphatic heterocycles. The molecule has 1 aromatic rings. The highest BCUT2D eigenvalue weighted by atomic mass is 35.5. The Morgan fingerprint density at radius 1 is 1.46 bits per heavy atom. The Hall–Kier alpha value is 0.01000. The van der Waals surface area contributed by atoms with Gasteiger partial charge in [-0.25, -0.2) is 9.97 Å². The minimum atomic E-state index is 0.197. The number of hydrogen-bond donors (Lipinski definition) is 0. The van der Waals surface area contributed by atoms with E-state index in [1.54, 1.807) is 18.0 Å². The smallest absolute Gasteiger partial charge is 0.223 e. The highest BCUT2D eigenvalue weighted by molar-refractivity contribution is 7.99. The number of thioether (sulfide) groups is 1. The second kappa shape index (κ2) is 5.03. The summed E-state index contributed by atoms with van der Waals surface area (Å²) in [6, 6.07) is 0. The van der Waals surface area contributed by atoms with Crippen LogP contribution in [0.2, 0.25) is 10.4 Å². The quantitative estimate of drug-likeness (QED) is 0.595. The van der Waals surface area contributed by atoms with Crippen LogP contribution in [0.4, 0.5) is 0 Å². The number of halogens is 2. The monoisotopic (exact) mass is 236 g/mol. The second-order valence-electron chi connectivity index (χ2n) is 2.81. The van der Waals surface area contributed by atoms with Crippen molar-refractivity contribution in [3.8, 4) is 0 Å². The van der Waals surface area contributed by atoms with Crippen LogP contribution in [0.25, 0.3) is 0 Å². The molecule has 0 aliphatic carbocycles. The topological polar surface area (TPSA) is 25.8 Å². The molecule has 0 saturated carbocycles. The van der Waals surface area contributed by atoms with Gasteiger partial charge in [0.05, 0.1) is 0 Å². The fraction of sp³-hybridized carbons (Fsp3) is 0.500. The Balaban J connectivity index is 2.67. The Morgan fingerprint density at radius 3 is 2.69 bits per heavy atom. The summed E-state index contributed by atoms with van der Waals surface area (Å²) < 4.78 is 0. The first kappa shape index (κ1) is 11.1. The first-order valence-corrected chi connectivity index (χ1v) is 5.68. The molecule has 0 aromatic carbocycles. The van der Waals surface area contributed by atoms with Crippen LogP contribution in [-0.4, -0.2) is 15.2 Å². The maximum Gasteiger partial charge on any atom is 0.223 e. The van der Waals surface area contributed by atoms with E-state index >= 15 is 0 Å². The van der Waals surface area contributed by atoms with Gasteiger partial charge in [-0.1, -0.05) is 25.4 Å². The van der Waals surface area contributed by atoms with Crippen molar-refractivity contribution in [2.45, 2.75) is 24.9 Å². The number of aromatic nitrogens is 2. The largest absolute Gasteiger partial charge is 0.226 e. The summed E-state index contributed by atoms with van der Waals surface area (Å²) in [5, 5.41) is 1.23. The molecular weight excluding hydrogens is 227 g/mol. The van der Waals surface area contributed by atoms with Gasteiger partial charge in [-0.2, -0.15) is 11.8 Å². The van der Waals surface area contributed by atoms with Crippen LogP contribution in [0.5, 0.6) is 0 Å². The van der Waals surface area contributed by atoms with E-state index in [1.807, 2.05) is 0 Å². The number of hydrogen-bond acceptors (Lipinski definition) is 3. The summed E-state index contributed by atoms with van der Waals surface area (Å²) in [4.78, 5) is 7.73. The van der Waals surface area contributed by atoms with Crippen LogP contribution in [0.1, 0.15) is 19.4 Å². The van der Waals surface area contributed by atoms with E-state index < -0.39 is 0 Å². The standard InChI is InChI=1S/C8H10Cl2N2S/c1-5(2)13-4-6-3-11-8(10)12-7(6)9/h3,5H,4H2,1-2H3. The van der Waals surface area contributed by atoms with Crippen LogP contribution >= 0.6 is 35.0 Å². The highest BCUT2D eigenvalue weighted by Gasteiger charge is 2.04. The average Bonchev–Trinajstić information content (AvgIpc) is 2.02. The summed E-state index contributed by atoms with van der Waals surface area (Å²) >= 11 is 13.2. The molecule has 0 amide bonds. The van der Waals surface area contributed by atoms with E-state index in [0.29, 0.717) is 10.4 Å².